The van der Waals surface area contributed by atoms with E-state index in [4.69, 9.17) is 0 Å². The summed E-state index contributed by atoms with van der Waals surface area (Å²) in [7, 11) is -3.20. The van der Waals surface area contributed by atoms with Crippen molar-refractivity contribution >= 4 is 21.6 Å². The first-order valence-electron chi connectivity index (χ1n) is 8.13. The predicted octanol–water partition coefficient (Wildman–Crippen LogP) is 1.26. The maximum atomic E-state index is 12.2. The molecule has 0 saturated heterocycles. The van der Waals surface area contributed by atoms with Crippen LogP contribution in [-0.2, 0) is 21.2 Å². The second-order valence-corrected chi connectivity index (χ2v) is 8.20. The molecule has 1 amide bonds. The van der Waals surface area contributed by atoms with E-state index < -0.39 is 10.0 Å². The molecule has 0 saturated carbocycles. The van der Waals surface area contributed by atoms with Gasteiger partial charge in [0.15, 0.2) is 0 Å². The topological polar surface area (TPSA) is 78.5 Å². The molecular weight excluding hydrogens is 314 g/mol. The van der Waals surface area contributed by atoms with E-state index in [-0.39, 0.29) is 17.7 Å². The second-order valence-electron chi connectivity index (χ2n) is 6.10. The van der Waals surface area contributed by atoms with Crippen LogP contribution in [0, 0.1) is 0 Å². The van der Waals surface area contributed by atoms with Crippen molar-refractivity contribution in [3.05, 3.63) is 29.3 Å². The van der Waals surface area contributed by atoms with E-state index in [0.29, 0.717) is 19.6 Å². The molecule has 1 unspecified atom stereocenters. The fourth-order valence-electron chi connectivity index (χ4n) is 3.49. The van der Waals surface area contributed by atoms with E-state index in [2.05, 4.69) is 21.0 Å². The minimum Gasteiger partial charge on any atom is -0.325 e. The molecule has 7 heteroatoms. The lowest BCUT2D eigenvalue weighted by molar-refractivity contribution is -0.117. The number of hydrogen-bond acceptors (Lipinski definition) is 4. The van der Waals surface area contributed by atoms with E-state index in [9.17, 15) is 13.2 Å². The Morgan fingerprint density at radius 2 is 2.22 bits per heavy atom. The highest BCUT2D eigenvalue weighted by molar-refractivity contribution is 7.89. The van der Waals surface area contributed by atoms with Gasteiger partial charge in [0.25, 0.3) is 0 Å². The van der Waals surface area contributed by atoms with Gasteiger partial charge in [-0.3, -0.25) is 9.69 Å². The van der Waals surface area contributed by atoms with Crippen molar-refractivity contribution in [1.29, 1.82) is 0 Å². The number of benzene rings is 1. The average Bonchev–Trinajstić information content (AvgIpc) is 2.66. The van der Waals surface area contributed by atoms with Gasteiger partial charge in [0.2, 0.25) is 15.9 Å². The summed E-state index contributed by atoms with van der Waals surface area (Å²) >= 11 is 0. The first-order valence-corrected chi connectivity index (χ1v) is 9.78. The van der Waals surface area contributed by atoms with Crippen LogP contribution in [0.1, 0.15) is 36.9 Å². The number of anilines is 1. The predicted molar refractivity (Wildman–Crippen MR) is 89.8 cm³/mol. The number of hydrogen-bond donors (Lipinski definition) is 2. The molecule has 2 N–H and O–H groups in total. The van der Waals surface area contributed by atoms with Gasteiger partial charge in [0.05, 0.1) is 12.3 Å². The third-order valence-corrected chi connectivity index (χ3v) is 6.02. The van der Waals surface area contributed by atoms with Crippen LogP contribution in [0.25, 0.3) is 0 Å². The molecule has 0 fully saturated rings. The van der Waals surface area contributed by atoms with Gasteiger partial charge in [-0.1, -0.05) is 12.1 Å². The van der Waals surface area contributed by atoms with Crippen molar-refractivity contribution in [3.8, 4) is 0 Å². The molecule has 126 valence electrons. The van der Waals surface area contributed by atoms with Crippen molar-refractivity contribution in [2.24, 2.45) is 0 Å². The van der Waals surface area contributed by atoms with Crippen LogP contribution in [0.2, 0.25) is 0 Å². The number of amides is 1. The molecule has 1 aromatic rings. The van der Waals surface area contributed by atoms with Crippen molar-refractivity contribution in [1.82, 2.24) is 9.62 Å². The van der Waals surface area contributed by atoms with Crippen molar-refractivity contribution in [3.63, 3.8) is 0 Å². The molecule has 0 aromatic heterocycles. The van der Waals surface area contributed by atoms with Gasteiger partial charge >= 0.3 is 0 Å². The zero-order valence-corrected chi connectivity index (χ0v) is 14.2. The van der Waals surface area contributed by atoms with Gasteiger partial charge < -0.3 is 5.32 Å². The normalized spacial score (nSPS) is 21.4. The summed E-state index contributed by atoms with van der Waals surface area (Å²) in [5.74, 6) is 0.0373. The van der Waals surface area contributed by atoms with Crippen LogP contribution in [0.5, 0.6) is 0 Å². The Morgan fingerprint density at radius 1 is 1.39 bits per heavy atom. The van der Waals surface area contributed by atoms with Crippen molar-refractivity contribution in [2.75, 3.05) is 30.7 Å². The van der Waals surface area contributed by atoms with E-state index in [1.54, 1.807) is 6.92 Å². The molecule has 2 aliphatic rings. The third-order valence-electron chi connectivity index (χ3n) is 4.62. The standard InChI is InChI=1S/C16H23N3O3S/c1-2-23(21,22)17-9-10-19-11-15(20)18-13-7-3-5-12-6-4-8-14(19)16(12)13/h3,5,7,14,17H,2,4,6,8-11H2,1H3,(H,18,20). The molecule has 3 rings (SSSR count). The summed E-state index contributed by atoms with van der Waals surface area (Å²) in [5.41, 5.74) is 3.41. The number of aryl methyl sites for hydroxylation is 1. The summed E-state index contributed by atoms with van der Waals surface area (Å²) in [5, 5.41) is 2.99. The summed E-state index contributed by atoms with van der Waals surface area (Å²) < 4.78 is 25.7. The van der Waals surface area contributed by atoms with Crippen LogP contribution in [0.4, 0.5) is 5.69 Å². The van der Waals surface area contributed by atoms with Gasteiger partial charge in [-0.05, 0) is 43.4 Å². The molecule has 1 aliphatic carbocycles. The Labute approximate surface area is 137 Å². The van der Waals surface area contributed by atoms with E-state index in [1.807, 2.05) is 12.1 Å². The van der Waals surface area contributed by atoms with Crippen molar-refractivity contribution in [2.45, 2.75) is 32.2 Å². The summed E-state index contributed by atoms with van der Waals surface area (Å²) in [6.07, 6.45) is 3.12. The Bertz CT molecular complexity index is 703. The SMILES string of the molecule is CCS(=O)(=O)NCCN1CC(=O)Nc2cccc3c2C1CCC3. The van der Waals surface area contributed by atoms with Crippen LogP contribution in [0.15, 0.2) is 18.2 Å². The molecule has 23 heavy (non-hydrogen) atoms. The van der Waals surface area contributed by atoms with E-state index in [0.717, 1.165) is 24.9 Å². The first-order chi connectivity index (χ1) is 11.0. The lowest BCUT2D eigenvalue weighted by Gasteiger charge is -2.34. The Hall–Kier alpha value is -1.44. The number of carbonyl (C=O) groups excluding carboxylic acids is 1. The largest absolute Gasteiger partial charge is 0.325 e. The Morgan fingerprint density at radius 3 is 3.00 bits per heavy atom. The molecule has 0 bridgehead atoms. The minimum absolute atomic E-state index is 0.0360. The Balaban J connectivity index is 1.81. The highest BCUT2D eigenvalue weighted by atomic mass is 32.2. The quantitative estimate of drug-likeness (QED) is 0.848. The molecule has 1 atom stereocenters. The zero-order chi connectivity index (χ0) is 16.4. The number of carbonyl (C=O) groups is 1. The number of nitrogens with one attached hydrogen (secondary N) is 2. The molecule has 1 heterocycles. The highest BCUT2D eigenvalue weighted by Gasteiger charge is 2.32. The fraction of sp³-hybridized carbons (Fsp3) is 0.562. The van der Waals surface area contributed by atoms with Crippen LogP contribution in [0.3, 0.4) is 0 Å². The van der Waals surface area contributed by atoms with Crippen molar-refractivity contribution < 1.29 is 13.2 Å². The van der Waals surface area contributed by atoms with Gasteiger partial charge in [-0.15, -0.1) is 0 Å². The van der Waals surface area contributed by atoms with Gasteiger partial charge in [-0.2, -0.15) is 0 Å². The zero-order valence-electron chi connectivity index (χ0n) is 13.3. The average molecular weight is 337 g/mol. The van der Waals surface area contributed by atoms with Gasteiger partial charge in [0, 0.05) is 24.8 Å². The van der Waals surface area contributed by atoms with Crippen LogP contribution >= 0.6 is 0 Å². The lowest BCUT2D eigenvalue weighted by Crippen LogP contribution is -2.40. The van der Waals surface area contributed by atoms with Gasteiger partial charge in [0.1, 0.15) is 0 Å². The lowest BCUT2D eigenvalue weighted by atomic mass is 9.86. The van der Waals surface area contributed by atoms with Gasteiger partial charge in [-0.25, -0.2) is 13.1 Å². The number of nitrogens with zero attached hydrogens (tertiary/aromatic N) is 1. The smallest absolute Gasteiger partial charge is 0.238 e. The maximum Gasteiger partial charge on any atom is 0.238 e. The number of sulfonamides is 1. The minimum atomic E-state index is -3.20. The summed E-state index contributed by atoms with van der Waals surface area (Å²) in [6.45, 7) is 2.78. The fourth-order valence-corrected chi connectivity index (χ4v) is 4.10. The second kappa shape index (κ2) is 6.59. The maximum absolute atomic E-state index is 12.2. The van der Waals surface area contributed by atoms with Crippen LogP contribution < -0.4 is 10.0 Å². The first kappa shape index (κ1) is 16.4. The molecular formula is C16H23N3O3S. The number of rotatable bonds is 5. The van der Waals surface area contributed by atoms with E-state index >= 15 is 0 Å². The van der Waals surface area contributed by atoms with E-state index in [1.165, 1.54) is 11.1 Å². The molecule has 1 aromatic carbocycles. The highest BCUT2D eigenvalue weighted by Crippen LogP contribution is 2.40. The summed E-state index contributed by atoms with van der Waals surface area (Å²) in [6, 6.07) is 6.25. The monoisotopic (exact) mass is 337 g/mol. The molecule has 0 spiro atoms. The third kappa shape index (κ3) is 3.57. The molecule has 1 aliphatic heterocycles. The molecule has 6 nitrogen and oxygen atoms in total. The summed E-state index contributed by atoms with van der Waals surface area (Å²) in [4.78, 5) is 14.3. The molecule has 0 radical (unpaired) electrons. The van der Waals surface area contributed by atoms with Crippen LogP contribution in [-0.4, -0.2) is 44.6 Å². The Kier molecular flexibility index (Phi) is 4.70.